The molecule has 3 aromatic rings. The first kappa shape index (κ1) is 37.0. The van der Waals surface area contributed by atoms with E-state index in [1.807, 2.05) is 27.7 Å². The molecule has 0 saturated heterocycles. The molecule has 7 N–H and O–H groups in total. The normalized spacial score (nSPS) is 18.6. The van der Waals surface area contributed by atoms with E-state index in [1.165, 1.54) is 12.1 Å². The Morgan fingerprint density at radius 1 is 1.00 bits per heavy atom. The lowest BCUT2D eigenvalue weighted by atomic mass is 9.78. The first-order chi connectivity index (χ1) is 22.6. The summed E-state index contributed by atoms with van der Waals surface area (Å²) >= 11 is 10.8. The molecule has 0 aliphatic heterocycles. The van der Waals surface area contributed by atoms with Gasteiger partial charge in [-0.2, -0.15) is 13.2 Å². The molecule has 48 heavy (non-hydrogen) atoms. The predicted octanol–water partition coefficient (Wildman–Crippen LogP) is 5.57. The van der Waals surface area contributed by atoms with Crippen molar-refractivity contribution in [1.29, 1.82) is 0 Å². The molecule has 0 saturated carbocycles. The molecule has 1 aromatic heterocycles. The minimum absolute atomic E-state index is 0.0661. The maximum atomic E-state index is 14.3. The minimum atomic E-state index is -4.59. The monoisotopic (exact) mass is 706 g/mol. The van der Waals surface area contributed by atoms with Crippen LogP contribution in [-0.2, 0) is 35.2 Å². The van der Waals surface area contributed by atoms with E-state index in [-0.39, 0.29) is 53.3 Å². The summed E-state index contributed by atoms with van der Waals surface area (Å²) in [6.07, 6.45) is -3.14. The number of H-pyrrole nitrogens is 1. The van der Waals surface area contributed by atoms with Gasteiger partial charge in [0.2, 0.25) is 11.8 Å². The molecule has 0 bridgehead atoms. The predicted molar refractivity (Wildman–Crippen MR) is 187 cm³/mol. The summed E-state index contributed by atoms with van der Waals surface area (Å²) in [6, 6.07) is 8.58. The molecule has 0 fully saturated rings. The number of thiocarbonyl (C=S) groups is 2. The summed E-state index contributed by atoms with van der Waals surface area (Å²) < 4.78 is 56.0. The van der Waals surface area contributed by atoms with Gasteiger partial charge in [-0.25, -0.2) is 4.39 Å². The Kier molecular flexibility index (Phi) is 11.7. The Labute approximate surface area is 288 Å². The van der Waals surface area contributed by atoms with Crippen molar-refractivity contribution in [3.63, 3.8) is 0 Å². The maximum absolute atomic E-state index is 14.3. The average molecular weight is 707 g/mol. The molecule has 14 heteroatoms. The lowest BCUT2D eigenvalue weighted by Gasteiger charge is -2.40. The molecule has 5 atom stereocenters. The number of aryl methyl sites for hydroxylation is 1. The average Bonchev–Trinajstić information content (AvgIpc) is 3.41. The van der Waals surface area contributed by atoms with E-state index in [9.17, 15) is 27.2 Å². The molecule has 2 aromatic carbocycles. The fraction of sp³-hybridized carbons (Fsp3) is 0.471. The van der Waals surface area contributed by atoms with E-state index < -0.39 is 47.0 Å². The quantitative estimate of drug-likeness (QED) is 0.108. The lowest BCUT2D eigenvalue weighted by Crippen LogP contribution is -2.67. The highest BCUT2D eigenvalue weighted by Gasteiger charge is 2.47. The van der Waals surface area contributed by atoms with E-state index in [4.69, 9.17) is 30.2 Å². The van der Waals surface area contributed by atoms with Gasteiger partial charge in [0.15, 0.2) is 5.11 Å². The van der Waals surface area contributed by atoms with Gasteiger partial charge in [0, 0.05) is 29.6 Å². The molecular weight excluding hydrogens is 665 g/mol. The number of aromatic amines is 1. The largest absolute Gasteiger partial charge is 0.418 e. The van der Waals surface area contributed by atoms with Crippen LogP contribution in [0.4, 0.5) is 17.6 Å². The molecule has 0 radical (unpaired) electrons. The minimum Gasteiger partial charge on any atom is -0.392 e. The van der Waals surface area contributed by atoms with Crippen molar-refractivity contribution >= 4 is 57.3 Å². The number of halogens is 4. The fourth-order valence-electron chi connectivity index (χ4n) is 6.10. The third-order valence-corrected chi connectivity index (χ3v) is 9.91. The highest BCUT2D eigenvalue weighted by atomic mass is 32.1. The van der Waals surface area contributed by atoms with E-state index >= 15 is 0 Å². The molecule has 1 aliphatic carbocycles. The van der Waals surface area contributed by atoms with E-state index in [0.29, 0.717) is 35.0 Å². The number of aromatic nitrogens is 1. The van der Waals surface area contributed by atoms with E-state index in [1.54, 1.807) is 24.3 Å². The van der Waals surface area contributed by atoms with Crippen LogP contribution in [0.25, 0.3) is 10.9 Å². The Morgan fingerprint density at radius 2 is 1.67 bits per heavy atom. The smallest absolute Gasteiger partial charge is 0.392 e. The van der Waals surface area contributed by atoms with Gasteiger partial charge in [-0.3, -0.25) is 9.59 Å². The number of carbonyl (C=O) groups excluding carboxylic acids is 2. The van der Waals surface area contributed by atoms with Crippen molar-refractivity contribution in [1.82, 2.24) is 26.3 Å². The van der Waals surface area contributed by atoms with Gasteiger partial charge >= 0.3 is 6.18 Å². The number of amides is 2. The lowest BCUT2D eigenvalue weighted by molar-refractivity contribution is -0.136. The zero-order valence-corrected chi connectivity index (χ0v) is 28.9. The number of alkyl halides is 3. The fourth-order valence-corrected chi connectivity index (χ4v) is 6.59. The number of carbonyl (C=O) groups is 2. The zero-order valence-electron chi connectivity index (χ0n) is 27.3. The topological polar surface area (TPSA) is 124 Å². The Morgan fingerprint density at radius 3 is 2.29 bits per heavy atom. The second kappa shape index (κ2) is 15.2. The number of nitrogens with two attached hydrogens (primary N) is 1. The van der Waals surface area contributed by atoms with Crippen LogP contribution in [0.2, 0.25) is 0 Å². The number of fused-ring (bicyclic) bond motifs is 3. The third kappa shape index (κ3) is 8.08. The van der Waals surface area contributed by atoms with Crippen molar-refractivity contribution in [2.45, 2.75) is 90.1 Å². The van der Waals surface area contributed by atoms with E-state index in [0.717, 1.165) is 6.07 Å². The molecule has 4 rings (SSSR count). The molecule has 1 heterocycles. The van der Waals surface area contributed by atoms with Crippen LogP contribution in [-0.4, -0.2) is 44.5 Å². The number of para-hydroxylation sites is 1. The van der Waals surface area contributed by atoms with Crippen LogP contribution in [0.15, 0.2) is 42.5 Å². The van der Waals surface area contributed by atoms with Gasteiger partial charge in [-0.1, -0.05) is 83.1 Å². The summed E-state index contributed by atoms with van der Waals surface area (Å²) in [6.45, 7) is 7.67. The van der Waals surface area contributed by atoms with Crippen molar-refractivity contribution in [2.75, 3.05) is 0 Å². The van der Waals surface area contributed by atoms with Crippen molar-refractivity contribution < 1.29 is 27.2 Å². The number of hydrogen-bond acceptors (Lipinski definition) is 4. The van der Waals surface area contributed by atoms with Gasteiger partial charge in [-0.05, 0) is 54.6 Å². The number of hydrogen-bond donors (Lipinski definition) is 6. The summed E-state index contributed by atoms with van der Waals surface area (Å²) in [4.78, 5) is 31.6. The Bertz CT molecular complexity index is 1680. The van der Waals surface area contributed by atoms with Gasteiger partial charge in [0.25, 0.3) is 0 Å². The number of nitrogens with one attached hydrogen (secondary N) is 5. The Hall–Kier alpha value is -3.78. The highest BCUT2D eigenvalue weighted by molar-refractivity contribution is 7.80. The first-order valence-corrected chi connectivity index (χ1v) is 16.8. The molecule has 260 valence electrons. The van der Waals surface area contributed by atoms with Crippen LogP contribution in [0.3, 0.4) is 0 Å². The van der Waals surface area contributed by atoms with Crippen LogP contribution in [0.5, 0.6) is 0 Å². The summed E-state index contributed by atoms with van der Waals surface area (Å²) in [5, 5.41) is 12.4. The van der Waals surface area contributed by atoms with Crippen molar-refractivity contribution in [3.05, 3.63) is 70.7 Å². The summed E-state index contributed by atoms with van der Waals surface area (Å²) in [7, 11) is 0. The van der Waals surface area contributed by atoms with Crippen molar-refractivity contribution in [2.24, 2.45) is 17.6 Å². The number of rotatable bonds is 12. The van der Waals surface area contributed by atoms with Crippen LogP contribution in [0.1, 0.15) is 69.3 Å². The van der Waals surface area contributed by atoms with Gasteiger partial charge in [0.1, 0.15) is 17.4 Å². The molecule has 2 amide bonds. The molecule has 8 nitrogen and oxygen atoms in total. The van der Waals surface area contributed by atoms with Crippen LogP contribution >= 0.6 is 24.4 Å². The molecule has 0 spiro atoms. The van der Waals surface area contributed by atoms with E-state index in [2.05, 4.69) is 26.3 Å². The van der Waals surface area contributed by atoms with Crippen molar-refractivity contribution in [3.8, 4) is 0 Å². The Balaban J connectivity index is 1.69. The first-order valence-electron chi connectivity index (χ1n) is 16.0. The molecule has 1 aliphatic rings. The molecule has 0 unspecified atom stereocenters. The standard InChI is InChI=1S/C34H42F4N6O2S2/c1-5-18(3)26(29(39)47)42-31(46)33(15-14-25-22(16-33)21-11-9-12-23(28(21)41-25)34(36,37)38)44-30(45)27(19(4)6-2)43-32(48)40-17-20-10-7-8-13-24(20)35/h7-13,18-19,26-27,41H,5-6,14-17H2,1-4H3,(H2,39,47)(H,42,46)(H,44,45)(H2,40,43,48)/t18-,19-,26-,27-,33+/m0/s1. The third-order valence-electron chi connectivity index (χ3n) is 9.40. The highest BCUT2D eigenvalue weighted by Crippen LogP contribution is 2.40. The second-order valence-corrected chi connectivity index (χ2v) is 13.5. The molecular formula is C34H42F4N6O2S2. The van der Waals surface area contributed by atoms with Gasteiger partial charge < -0.3 is 32.0 Å². The zero-order chi connectivity index (χ0) is 35.4. The van der Waals surface area contributed by atoms with Crippen LogP contribution in [0, 0.1) is 17.7 Å². The van der Waals surface area contributed by atoms with Gasteiger partial charge in [0.05, 0.1) is 22.1 Å². The number of benzene rings is 2. The van der Waals surface area contributed by atoms with Crippen LogP contribution < -0.4 is 27.0 Å². The summed E-state index contributed by atoms with van der Waals surface area (Å²) in [5.41, 5.74) is 5.08. The summed E-state index contributed by atoms with van der Waals surface area (Å²) in [5.74, 6) is -1.84. The van der Waals surface area contributed by atoms with Gasteiger partial charge in [-0.15, -0.1) is 0 Å². The second-order valence-electron chi connectivity index (χ2n) is 12.6. The SMILES string of the molecule is CC[C@H](C)[C@H](NC(=S)NCc1ccccc1F)C(=O)N[C@]1(C(=O)N[C@H](C(N)=S)[C@@H](C)CC)CCc2[nH]c3c(C(F)(F)F)cccc3c2C1. The maximum Gasteiger partial charge on any atom is 0.418 e.